The molecule has 7 nitrogen and oxygen atoms in total. The highest BCUT2D eigenvalue weighted by molar-refractivity contribution is 5.95. The zero-order valence-electron chi connectivity index (χ0n) is 13.4. The second-order valence-corrected chi connectivity index (χ2v) is 5.44. The maximum atomic E-state index is 12.1. The summed E-state index contributed by atoms with van der Waals surface area (Å²) in [5.74, 6) is 0.963. The number of aromatic nitrogens is 2. The van der Waals surface area contributed by atoms with E-state index in [1.54, 1.807) is 23.2 Å². The number of carbonyl (C=O) groups is 2. The fourth-order valence-electron chi connectivity index (χ4n) is 2.53. The molecule has 3 rings (SSSR count). The van der Waals surface area contributed by atoms with Gasteiger partial charge in [-0.05, 0) is 30.2 Å². The minimum atomic E-state index is -0.222. The highest BCUT2D eigenvalue weighted by Crippen LogP contribution is 2.19. The summed E-state index contributed by atoms with van der Waals surface area (Å²) in [5.41, 5.74) is 1.34. The van der Waals surface area contributed by atoms with Crippen LogP contribution in [-0.2, 0) is 11.3 Å². The van der Waals surface area contributed by atoms with Crippen molar-refractivity contribution in [2.24, 2.45) is 0 Å². The molecule has 0 unspecified atom stereocenters. The second-order valence-electron chi connectivity index (χ2n) is 5.44. The standard InChI is InChI=1S/C17H18N4O3/c1-24-15-5-4-13(11-19-15)17(23)20-10-12-6-7-18-14(9-12)21-8-2-3-16(21)22/h4-7,9,11H,2-3,8,10H2,1H3,(H,20,23). The van der Waals surface area contributed by atoms with Gasteiger partial charge in [-0.2, -0.15) is 0 Å². The third kappa shape index (κ3) is 3.51. The fourth-order valence-corrected chi connectivity index (χ4v) is 2.53. The fraction of sp³-hybridized carbons (Fsp3) is 0.294. The van der Waals surface area contributed by atoms with Gasteiger partial charge in [0.2, 0.25) is 11.8 Å². The molecule has 1 aliphatic rings. The van der Waals surface area contributed by atoms with E-state index in [2.05, 4.69) is 15.3 Å². The van der Waals surface area contributed by atoms with E-state index in [-0.39, 0.29) is 11.8 Å². The summed E-state index contributed by atoms with van der Waals surface area (Å²) >= 11 is 0. The molecule has 0 aromatic carbocycles. The summed E-state index contributed by atoms with van der Waals surface area (Å²) < 4.78 is 4.97. The van der Waals surface area contributed by atoms with E-state index in [9.17, 15) is 9.59 Å². The Bertz CT molecular complexity index is 746. The van der Waals surface area contributed by atoms with Gasteiger partial charge in [0.25, 0.3) is 5.91 Å². The maximum absolute atomic E-state index is 12.1. The lowest BCUT2D eigenvalue weighted by atomic mass is 10.2. The number of rotatable bonds is 5. The van der Waals surface area contributed by atoms with Crippen LogP contribution in [0.15, 0.2) is 36.7 Å². The number of nitrogens with one attached hydrogen (secondary N) is 1. The molecule has 1 aliphatic heterocycles. The Morgan fingerprint density at radius 3 is 2.88 bits per heavy atom. The van der Waals surface area contributed by atoms with E-state index < -0.39 is 0 Å². The number of carbonyl (C=O) groups excluding carboxylic acids is 2. The maximum Gasteiger partial charge on any atom is 0.253 e. The molecule has 124 valence electrons. The van der Waals surface area contributed by atoms with Crippen LogP contribution in [0.25, 0.3) is 0 Å². The largest absolute Gasteiger partial charge is 0.481 e. The summed E-state index contributed by atoms with van der Waals surface area (Å²) in [4.78, 5) is 33.9. The number of pyridine rings is 2. The highest BCUT2D eigenvalue weighted by atomic mass is 16.5. The summed E-state index contributed by atoms with van der Waals surface area (Å²) in [6.45, 7) is 1.04. The molecular formula is C17H18N4O3. The normalized spacial score (nSPS) is 13.9. The molecule has 2 amide bonds. The van der Waals surface area contributed by atoms with Gasteiger partial charge in [-0.25, -0.2) is 9.97 Å². The minimum Gasteiger partial charge on any atom is -0.481 e. The van der Waals surface area contributed by atoms with Crippen LogP contribution in [-0.4, -0.2) is 35.4 Å². The number of hydrogen-bond acceptors (Lipinski definition) is 5. The van der Waals surface area contributed by atoms with Gasteiger partial charge in [-0.3, -0.25) is 14.5 Å². The SMILES string of the molecule is COc1ccc(C(=O)NCc2ccnc(N3CCCC3=O)c2)cn1. The van der Waals surface area contributed by atoms with E-state index in [0.717, 1.165) is 12.0 Å². The first kappa shape index (κ1) is 15.9. The molecule has 0 spiro atoms. The molecule has 0 bridgehead atoms. The van der Waals surface area contributed by atoms with Crippen molar-refractivity contribution in [1.29, 1.82) is 0 Å². The number of anilines is 1. The van der Waals surface area contributed by atoms with Crippen molar-refractivity contribution in [3.8, 4) is 5.88 Å². The molecule has 0 saturated carbocycles. The molecular weight excluding hydrogens is 308 g/mol. The summed E-state index contributed by atoms with van der Waals surface area (Å²) in [6.07, 6.45) is 4.53. The first-order chi connectivity index (χ1) is 11.7. The molecule has 2 aromatic heterocycles. The van der Waals surface area contributed by atoms with E-state index >= 15 is 0 Å². The van der Waals surface area contributed by atoms with Crippen LogP contribution in [0.4, 0.5) is 5.82 Å². The first-order valence-corrected chi connectivity index (χ1v) is 7.71. The molecule has 2 aromatic rings. The Morgan fingerprint density at radius 2 is 2.21 bits per heavy atom. The Labute approximate surface area is 139 Å². The molecule has 7 heteroatoms. The van der Waals surface area contributed by atoms with E-state index in [1.807, 2.05) is 12.1 Å². The topological polar surface area (TPSA) is 84.4 Å². The Balaban J connectivity index is 1.63. The molecule has 1 saturated heterocycles. The lowest BCUT2D eigenvalue weighted by molar-refractivity contribution is -0.117. The van der Waals surface area contributed by atoms with Crippen LogP contribution >= 0.6 is 0 Å². The van der Waals surface area contributed by atoms with E-state index in [1.165, 1.54) is 13.3 Å². The van der Waals surface area contributed by atoms with Gasteiger partial charge in [-0.15, -0.1) is 0 Å². The van der Waals surface area contributed by atoms with Gasteiger partial charge in [0.1, 0.15) is 5.82 Å². The molecule has 0 atom stereocenters. The summed E-state index contributed by atoms with van der Waals surface area (Å²) in [7, 11) is 1.52. The third-order valence-corrected chi connectivity index (χ3v) is 3.82. The second kappa shape index (κ2) is 7.08. The molecule has 0 radical (unpaired) electrons. The van der Waals surface area contributed by atoms with Crippen molar-refractivity contribution < 1.29 is 14.3 Å². The van der Waals surface area contributed by atoms with Crippen LogP contribution < -0.4 is 15.0 Å². The number of amides is 2. The number of nitrogens with zero attached hydrogens (tertiary/aromatic N) is 3. The molecule has 3 heterocycles. The summed E-state index contributed by atoms with van der Waals surface area (Å²) in [6, 6.07) is 6.94. The predicted octanol–water partition coefficient (Wildman–Crippen LogP) is 1.54. The molecule has 24 heavy (non-hydrogen) atoms. The van der Waals surface area contributed by atoms with Crippen molar-refractivity contribution >= 4 is 17.6 Å². The van der Waals surface area contributed by atoms with Gasteiger partial charge in [0, 0.05) is 38.0 Å². The van der Waals surface area contributed by atoms with Crippen molar-refractivity contribution in [2.75, 3.05) is 18.6 Å². The van der Waals surface area contributed by atoms with Gasteiger partial charge in [-0.1, -0.05) is 0 Å². The van der Waals surface area contributed by atoms with Crippen molar-refractivity contribution in [2.45, 2.75) is 19.4 Å². The van der Waals surface area contributed by atoms with E-state index in [4.69, 9.17) is 4.74 Å². The average molecular weight is 326 g/mol. The van der Waals surface area contributed by atoms with Gasteiger partial charge in [0.05, 0.1) is 12.7 Å². The van der Waals surface area contributed by atoms with Crippen LogP contribution in [0.3, 0.4) is 0 Å². The monoisotopic (exact) mass is 326 g/mol. The molecule has 0 aliphatic carbocycles. The molecule has 1 fully saturated rings. The third-order valence-electron chi connectivity index (χ3n) is 3.82. The zero-order valence-corrected chi connectivity index (χ0v) is 13.4. The smallest absolute Gasteiger partial charge is 0.253 e. The van der Waals surface area contributed by atoms with Crippen LogP contribution in [0.1, 0.15) is 28.8 Å². The van der Waals surface area contributed by atoms with E-state index in [0.29, 0.717) is 36.8 Å². The van der Waals surface area contributed by atoms with Gasteiger partial charge in [0.15, 0.2) is 0 Å². The lowest BCUT2D eigenvalue weighted by Gasteiger charge is -2.15. The Morgan fingerprint density at radius 1 is 1.33 bits per heavy atom. The highest BCUT2D eigenvalue weighted by Gasteiger charge is 2.22. The Kier molecular flexibility index (Phi) is 4.69. The quantitative estimate of drug-likeness (QED) is 0.901. The van der Waals surface area contributed by atoms with Crippen LogP contribution in [0.2, 0.25) is 0 Å². The number of ether oxygens (including phenoxy) is 1. The first-order valence-electron chi connectivity index (χ1n) is 7.71. The lowest BCUT2D eigenvalue weighted by Crippen LogP contribution is -2.26. The predicted molar refractivity (Wildman–Crippen MR) is 87.8 cm³/mol. The van der Waals surface area contributed by atoms with Crippen molar-refractivity contribution in [1.82, 2.24) is 15.3 Å². The van der Waals surface area contributed by atoms with Crippen LogP contribution in [0, 0.1) is 0 Å². The van der Waals surface area contributed by atoms with Crippen molar-refractivity contribution in [3.05, 3.63) is 47.8 Å². The number of methoxy groups -OCH3 is 1. The molecule has 1 N–H and O–H groups in total. The minimum absolute atomic E-state index is 0.0907. The number of hydrogen-bond donors (Lipinski definition) is 1. The zero-order chi connectivity index (χ0) is 16.9. The van der Waals surface area contributed by atoms with Crippen molar-refractivity contribution in [3.63, 3.8) is 0 Å². The van der Waals surface area contributed by atoms with Gasteiger partial charge >= 0.3 is 0 Å². The average Bonchev–Trinajstić information content (AvgIpc) is 3.06. The Hall–Kier alpha value is -2.96. The van der Waals surface area contributed by atoms with Crippen LogP contribution in [0.5, 0.6) is 5.88 Å². The summed E-state index contributed by atoms with van der Waals surface area (Å²) in [5, 5.41) is 2.83. The van der Waals surface area contributed by atoms with Gasteiger partial charge < -0.3 is 10.1 Å².